The number of anilines is 2. The number of nitrogen functional groups attached to an aromatic ring is 1. The van der Waals surface area contributed by atoms with Crippen LogP contribution in [-0.2, 0) is 9.59 Å². The second kappa shape index (κ2) is 4.28. The van der Waals surface area contributed by atoms with Gasteiger partial charge >= 0.3 is 0 Å². The monoisotopic (exact) mass is 258 g/mol. The fourth-order valence-corrected chi connectivity index (χ4v) is 2.01. The first-order chi connectivity index (χ1) is 8.86. The van der Waals surface area contributed by atoms with Crippen molar-refractivity contribution in [2.45, 2.75) is 19.4 Å². The van der Waals surface area contributed by atoms with Gasteiger partial charge in [0.2, 0.25) is 5.91 Å². The lowest BCUT2D eigenvalue weighted by molar-refractivity contribution is -0.135. The van der Waals surface area contributed by atoms with E-state index in [4.69, 9.17) is 11.0 Å². The van der Waals surface area contributed by atoms with Gasteiger partial charge in [0.05, 0.1) is 12.1 Å². The standard InChI is InChI=1S/C13H14N4O2/c1-13(2)12(19)16-11(18)7-17(13)9-3-4-10(15)8(5-9)6-14/h3-5H,7,15H2,1-2H3,(H,16,18,19). The van der Waals surface area contributed by atoms with E-state index in [9.17, 15) is 9.59 Å². The highest BCUT2D eigenvalue weighted by Crippen LogP contribution is 2.28. The molecule has 0 radical (unpaired) electrons. The van der Waals surface area contributed by atoms with Gasteiger partial charge in [-0.3, -0.25) is 14.9 Å². The maximum atomic E-state index is 11.9. The van der Waals surface area contributed by atoms with E-state index < -0.39 is 5.54 Å². The molecule has 3 N–H and O–H groups in total. The number of hydrogen-bond donors (Lipinski definition) is 2. The van der Waals surface area contributed by atoms with Gasteiger partial charge in [0.1, 0.15) is 11.6 Å². The molecule has 0 spiro atoms. The first-order valence-corrected chi connectivity index (χ1v) is 5.78. The SMILES string of the molecule is CC1(C)C(=O)NC(=O)CN1c1ccc(N)c(C#N)c1. The van der Waals surface area contributed by atoms with Gasteiger partial charge in [0, 0.05) is 11.4 Å². The van der Waals surface area contributed by atoms with Crippen LogP contribution in [0, 0.1) is 11.3 Å². The van der Waals surface area contributed by atoms with Crippen molar-refractivity contribution in [1.29, 1.82) is 5.26 Å². The van der Waals surface area contributed by atoms with Gasteiger partial charge in [-0.25, -0.2) is 0 Å². The molecule has 19 heavy (non-hydrogen) atoms. The van der Waals surface area contributed by atoms with Crippen molar-refractivity contribution in [2.75, 3.05) is 17.2 Å². The highest BCUT2D eigenvalue weighted by atomic mass is 16.2. The summed E-state index contributed by atoms with van der Waals surface area (Å²) in [5.41, 5.74) is 6.12. The van der Waals surface area contributed by atoms with Crippen molar-refractivity contribution in [2.24, 2.45) is 0 Å². The molecule has 1 heterocycles. The topological polar surface area (TPSA) is 99.2 Å². The predicted octanol–water partition coefficient (Wildman–Crippen LogP) is 0.382. The van der Waals surface area contributed by atoms with Crippen molar-refractivity contribution in [3.05, 3.63) is 23.8 Å². The summed E-state index contributed by atoms with van der Waals surface area (Å²) >= 11 is 0. The van der Waals surface area contributed by atoms with Crippen LogP contribution in [0.25, 0.3) is 0 Å². The van der Waals surface area contributed by atoms with Crippen molar-refractivity contribution in [1.82, 2.24) is 5.32 Å². The Kier molecular flexibility index (Phi) is 2.91. The second-order valence-electron chi connectivity index (χ2n) is 4.91. The molecule has 2 rings (SSSR count). The third kappa shape index (κ3) is 2.10. The van der Waals surface area contributed by atoms with Crippen molar-refractivity contribution in [3.63, 3.8) is 0 Å². The van der Waals surface area contributed by atoms with Crippen LogP contribution in [-0.4, -0.2) is 23.9 Å². The molecule has 98 valence electrons. The van der Waals surface area contributed by atoms with Crippen molar-refractivity contribution < 1.29 is 9.59 Å². The Balaban J connectivity index is 2.48. The van der Waals surface area contributed by atoms with Crippen LogP contribution >= 0.6 is 0 Å². The lowest BCUT2D eigenvalue weighted by Gasteiger charge is -2.41. The third-order valence-electron chi connectivity index (χ3n) is 3.25. The van der Waals surface area contributed by atoms with Gasteiger partial charge in [-0.05, 0) is 32.0 Å². The number of nitrogens with two attached hydrogens (primary N) is 1. The molecule has 0 saturated carbocycles. The minimum absolute atomic E-state index is 0.0630. The number of carbonyl (C=O) groups is 2. The van der Waals surface area contributed by atoms with Crippen LogP contribution in [0.3, 0.4) is 0 Å². The highest BCUT2D eigenvalue weighted by molar-refractivity contribution is 6.06. The molecule has 1 aliphatic heterocycles. The quantitative estimate of drug-likeness (QED) is 0.560. The fourth-order valence-electron chi connectivity index (χ4n) is 2.01. The van der Waals surface area contributed by atoms with Crippen LogP contribution in [0.5, 0.6) is 0 Å². The van der Waals surface area contributed by atoms with Crippen LogP contribution in [0.1, 0.15) is 19.4 Å². The first-order valence-electron chi connectivity index (χ1n) is 5.78. The van der Waals surface area contributed by atoms with Crippen LogP contribution in [0.15, 0.2) is 18.2 Å². The maximum Gasteiger partial charge on any atom is 0.251 e. The zero-order valence-corrected chi connectivity index (χ0v) is 10.7. The minimum Gasteiger partial charge on any atom is -0.398 e. The zero-order chi connectivity index (χ0) is 14.2. The molecular weight excluding hydrogens is 244 g/mol. The number of carbonyl (C=O) groups excluding carboxylic acids is 2. The Hall–Kier alpha value is -2.55. The van der Waals surface area contributed by atoms with E-state index in [1.54, 1.807) is 36.9 Å². The van der Waals surface area contributed by atoms with E-state index in [2.05, 4.69) is 5.32 Å². The average Bonchev–Trinajstić information content (AvgIpc) is 2.35. The van der Waals surface area contributed by atoms with Gasteiger partial charge in [-0.2, -0.15) is 5.26 Å². The van der Waals surface area contributed by atoms with Crippen LogP contribution < -0.4 is 16.0 Å². The van der Waals surface area contributed by atoms with Crippen LogP contribution in [0.2, 0.25) is 0 Å². The fraction of sp³-hybridized carbons (Fsp3) is 0.308. The Morgan fingerprint density at radius 1 is 1.42 bits per heavy atom. The van der Waals surface area contributed by atoms with E-state index in [-0.39, 0.29) is 18.4 Å². The molecule has 1 aromatic rings. The molecular formula is C13H14N4O2. The largest absolute Gasteiger partial charge is 0.398 e. The van der Waals surface area contributed by atoms with E-state index in [0.717, 1.165) is 0 Å². The van der Waals surface area contributed by atoms with Gasteiger partial charge < -0.3 is 10.6 Å². The van der Waals surface area contributed by atoms with Gasteiger partial charge in [-0.1, -0.05) is 0 Å². The molecule has 0 atom stereocenters. The number of nitrogens with one attached hydrogen (secondary N) is 1. The second-order valence-corrected chi connectivity index (χ2v) is 4.91. The molecule has 0 unspecified atom stereocenters. The number of nitrogens with zero attached hydrogens (tertiary/aromatic N) is 2. The number of piperazine rings is 1. The summed E-state index contributed by atoms with van der Waals surface area (Å²) in [6.07, 6.45) is 0. The summed E-state index contributed by atoms with van der Waals surface area (Å²) < 4.78 is 0. The molecule has 0 bridgehead atoms. The number of benzene rings is 1. The molecule has 6 nitrogen and oxygen atoms in total. The average molecular weight is 258 g/mol. The van der Waals surface area contributed by atoms with E-state index in [1.807, 2.05) is 6.07 Å². The number of rotatable bonds is 1. The van der Waals surface area contributed by atoms with E-state index in [1.165, 1.54) is 0 Å². The smallest absolute Gasteiger partial charge is 0.251 e. The molecule has 2 amide bonds. The summed E-state index contributed by atoms with van der Waals surface area (Å²) in [5.74, 6) is -0.723. The number of nitriles is 1. The summed E-state index contributed by atoms with van der Waals surface area (Å²) in [7, 11) is 0. The lowest BCUT2D eigenvalue weighted by atomic mass is 9.97. The minimum atomic E-state index is -0.864. The van der Waals surface area contributed by atoms with Gasteiger partial charge in [0.25, 0.3) is 5.91 Å². The van der Waals surface area contributed by atoms with E-state index >= 15 is 0 Å². The molecule has 1 aromatic carbocycles. The normalized spacial score (nSPS) is 17.8. The van der Waals surface area contributed by atoms with Gasteiger partial charge in [0.15, 0.2) is 0 Å². The lowest BCUT2D eigenvalue weighted by Crippen LogP contribution is -2.64. The van der Waals surface area contributed by atoms with Crippen molar-refractivity contribution >= 4 is 23.2 Å². The summed E-state index contributed by atoms with van der Waals surface area (Å²) in [4.78, 5) is 25.0. The van der Waals surface area contributed by atoms with Crippen LogP contribution in [0.4, 0.5) is 11.4 Å². The number of amides is 2. The number of imide groups is 1. The Bertz CT molecular complexity index is 601. The molecule has 1 aliphatic rings. The molecule has 0 aliphatic carbocycles. The van der Waals surface area contributed by atoms with Gasteiger partial charge in [-0.15, -0.1) is 0 Å². The van der Waals surface area contributed by atoms with E-state index in [0.29, 0.717) is 16.9 Å². The zero-order valence-electron chi connectivity index (χ0n) is 10.7. The third-order valence-corrected chi connectivity index (χ3v) is 3.25. The molecule has 6 heteroatoms. The molecule has 1 fully saturated rings. The summed E-state index contributed by atoms with van der Waals surface area (Å²) in [6, 6.07) is 6.87. The Labute approximate surface area is 110 Å². The summed E-state index contributed by atoms with van der Waals surface area (Å²) in [5, 5.41) is 11.3. The summed E-state index contributed by atoms with van der Waals surface area (Å²) in [6.45, 7) is 3.50. The Morgan fingerprint density at radius 2 is 2.11 bits per heavy atom. The Morgan fingerprint density at radius 3 is 2.74 bits per heavy atom. The maximum absolute atomic E-state index is 11.9. The predicted molar refractivity (Wildman–Crippen MR) is 70.1 cm³/mol. The molecule has 0 aromatic heterocycles. The molecule has 1 saturated heterocycles. The first kappa shape index (κ1) is 12.9. The van der Waals surface area contributed by atoms with Crippen molar-refractivity contribution in [3.8, 4) is 6.07 Å². The number of hydrogen-bond acceptors (Lipinski definition) is 5. The highest BCUT2D eigenvalue weighted by Gasteiger charge is 2.41.